The second-order valence-corrected chi connectivity index (χ2v) is 13.4. The third-order valence-corrected chi connectivity index (χ3v) is 8.81. The van der Waals surface area contributed by atoms with Crippen LogP contribution in [0.25, 0.3) is 0 Å². The molecule has 0 saturated carbocycles. The van der Waals surface area contributed by atoms with Gasteiger partial charge in [0.1, 0.15) is 17.2 Å². The molecule has 0 aliphatic carbocycles. The van der Waals surface area contributed by atoms with Gasteiger partial charge in [-0.3, -0.25) is 4.79 Å². The first-order valence-corrected chi connectivity index (χ1v) is 20.0. The molecule has 0 unspecified atom stereocenters. The largest absolute Gasteiger partial charge is 0.494 e. The molecule has 4 aromatic rings. The van der Waals surface area contributed by atoms with Gasteiger partial charge in [-0.05, 0) is 135 Å². The van der Waals surface area contributed by atoms with E-state index in [2.05, 4.69) is 13.2 Å². The highest BCUT2D eigenvalue weighted by Gasteiger charge is 2.13. The number of hydrogen-bond acceptors (Lipinski definition) is 13. The molecule has 0 N–H and O–H groups in total. The highest BCUT2D eigenvalue weighted by molar-refractivity contribution is 5.98. The lowest BCUT2D eigenvalue weighted by Crippen LogP contribution is -2.10. The van der Waals surface area contributed by atoms with Crippen LogP contribution in [0.3, 0.4) is 0 Å². The van der Waals surface area contributed by atoms with E-state index in [9.17, 15) is 28.8 Å². The zero-order valence-corrected chi connectivity index (χ0v) is 34.0. The molecule has 0 amide bonds. The fourth-order valence-corrected chi connectivity index (χ4v) is 5.42. The van der Waals surface area contributed by atoms with E-state index in [1.165, 1.54) is 24.3 Å². The molecule has 0 aliphatic heterocycles. The molecule has 61 heavy (non-hydrogen) atoms. The van der Waals surface area contributed by atoms with Gasteiger partial charge < -0.3 is 33.2 Å². The van der Waals surface area contributed by atoms with Crippen molar-refractivity contribution in [3.8, 4) is 17.2 Å². The van der Waals surface area contributed by atoms with Gasteiger partial charge in [0.15, 0.2) is 5.78 Å². The summed E-state index contributed by atoms with van der Waals surface area (Å²) in [6.45, 7) is 8.55. The normalized spacial score (nSPS) is 10.4. The maximum Gasteiger partial charge on any atom is 0.343 e. The number of ether oxygens (including phenoxy) is 7. The van der Waals surface area contributed by atoms with Crippen LogP contribution in [-0.4, -0.2) is 75.3 Å². The van der Waals surface area contributed by atoms with Crippen LogP contribution in [0.1, 0.15) is 91.9 Å². The van der Waals surface area contributed by atoms with E-state index < -0.39 is 29.8 Å². The third-order valence-electron chi connectivity index (χ3n) is 8.81. The molecule has 13 nitrogen and oxygen atoms in total. The van der Waals surface area contributed by atoms with Crippen molar-refractivity contribution in [2.24, 2.45) is 0 Å². The maximum absolute atomic E-state index is 12.8. The fraction of sp³-hybridized carbons (Fsp3) is 0.292. The zero-order chi connectivity index (χ0) is 43.7. The molecule has 320 valence electrons. The van der Waals surface area contributed by atoms with Crippen molar-refractivity contribution in [1.29, 1.82) is 0 Å². The van der Waals surface area contributed by atoms with Crippen LogP contribution in [0.15, 0.2) is 122 Å². The van der Waals surface area contributed by atoms with Gasteiger partial charge in [0.25, 0.3) is 0 Å². The predicted octanol–water partition coefficient (Wildman–Crippen LogP) is 8.29. The van der Waals surface area contributed by atoms with Crippen molar-refractivity contribution in [2.75, 3.05) is 39.6 Å². The standard InChI is InChI=1S/C48H50O13/c1-3-44(50)57-30-10-8-28-55-40-22-16-36(17-23-40)43(49)34-35-12-14-37(15-13-35)46(52)59-32-6-5-7-33-60-47(53)38-20-26-42(27-21-38)61-48(54)39-18-24-41(25-19-39)56-29-9-11-31-58-45(51)4-2/h3-4,12-27H,1-2,5-11,28-34H2. The molecular formula is C48H50O13. The Morgan fingerprint density at radius 2 is 0.754 bits per heavy atom. The molecule has 0 saturated heterocycles. The second kappa shape index (κ2) is 26.2. The summed E-state index contributed by atoms with van der Waals surface area (Å²) in [6, 6.07) is 26.2. The number of benzene rings is 4. The lowest BCUT2D eigenvalue weighted by atomic mass is 10.0. The summed E-state index contributed by atoms with van der Waals surface area (Å²) in [7, 11) is 0. The average molecular weight is 835 g/mol. The summed E-state index contributed by atoms with van der Waals surface area (Å²) in [5.41, 5.74) is 2.31. The predicted molar refractivity (Wildman–Crippen MR) is 225 cm³/mol. The summed E-state index contributed by atoms with van der Waals surface area (Å²) in [4.78, 5) is 72.6. The van der Waals surface area contributed by atoms with E-state index in [-0.39, 0.29) is 37.8 Å². The van der Waals surface area contributed by atoms with Crippen LogP contribution < -0.4 is 14.2 Å². The smallest absolute Gasteiger partial charge is 0.343 e. The molecule has 0 bridgehead atoms. The molecule has 4 rings (SSSR count). The highest BCUT2D eigenvalue weighted by Crippen LogP contribution is 2.19. The first-order chi connectivity index (χ1) is 29.6. The molecule has 0 fully saturated rings. The van der Waals surface area contributed by atoms with Crippen molar-refractivity contribution >= 4 is 35.6 Å². The number of Topliss-reactive ketones (excluding diaryl/α,β-unsaturated/α-hetero) is 1. The van der Waals surface area contributed by atoms with E-state index in [1.54, 1.807) is 72.8 Å². The van der Waals surface area contributed by atoms with Gasteiger partial charge in [0.05, 0.1) is 56.3 Å². The van der Waals surface area contributed by atoms with Crippen molar-refractivity contribution in [3.05, 3.63) is 150 Å². The Kier molecular flexibility index (Phi) is 20.0. The van der Waals surface area contributed by atoms with Crippen LogP contribution in [0.4, 0.5) is 0 Å². The number of unbranched alkanes of at least 4 members (excludes halogenated alkanes) is 4. The minimum Gasteiger partial charge on any atom is -0.494 e. The van der Waals surface area contributed by atoms with Gasteiger partial charge >= 0.3 is 29.8 Å². The molecule has 0 aliphatic rings. The second-order valence-electron chi connectivity index (χ2n) is 13.4. The lowest BCUT2D eigenvalue weighted by Gasteiger charge is -2.09. The number of rotatable bonds is 27. The van der Waals surface area contributed by atoms with Crippen molar-refractivity contribution in [1.82, 2.24) is 0 Å². The Morgan fingerprint density at radius 1 is 0.393 bits per heavy atom. The Bertz CT molecular complexity index is 1900. The van der Waals surface area contributed by atoms with Gasteiger partial charge in [0.2, 0.25) is 0 Å². The van der Waals surface area contributed by atoms with E-state index in [4.69, 9.17) is 33.2 Å². The first kappa shape index (κ1) is 46.7. The Labute approximate surface area is 355 Å². The third kappa shape index (κ3) is 17.4. The van der Waals surface area contributed by atoms with Crippen molar-refractivity contribution in [3.63, 3.8) is 0 Å². The van der Waals surface area contributed by atoms with Crippen LogP contribution in [0, 0.1) is 0 Å². The van der Waals surface area contributed by atoms with Gasteiger partial charge in [-0.1, -0.05) is 25.3 Å². The molecular weight excluding hydrogens is 785 g/mol. The van der Waals surface area contributed by atoms with Gasteiger partial charge in [0, 0.05) is 24.1 Å². The molecule has 0 radical (unpaired) electrons. The molecule has 0 aromatic heterocycles. The number of hydrogen-bond donors (Lipinski definition) is 0. The van der Waals surface area contributed by atoms with E-state index in [0.29, 0.717) is 98.5 Å². The average Bonchev–Trinajstić information content (AvgIpc) is 3.28. The Balaban J connectivity index is 1.04. The first-order valence-electron chi connectivity index (χ1n) is 20.0. The number of carbonyl (C=O) groups excluding carboxylic acids is 6. The molecule has 0 atom stereocenters. The number of carbonyl (C=O) groups is 6. The van der Waals surface area contributed by atoms with Crippen molar-refractivity contribution < 1.29 is 61.9 Å². The van der Waals surface area contributed by atoms with Gasteiger partial charge in [-0.2, -0.15) is 0 Å². The van der Waals surface area contributed by atoms with Crippen LogP contribution in [-0.2, 0) is 35.0 Å². The molecule has 0 spiro atoms. The molecule has 0 heterocycles. The minimum atomic E-state index is -0.568. The summed E-state index contributed by atoms with van der Waals surface area (Å²) in [5, 5.41) is 0. The maximum atomic E-state index is 12.8. The topological polar surface area (TPSA) is 167 Å². The lowest BCUT2D eigenvalue weighted by molar-refractivity contribution is -0.138. The van der Waals surface area contributed by atoms with Gasteiger partial charge in [-0.25, -0.2) is 24.0 Å². The van der Waals surface area contributed by atoms with E-state index >= 15 is 0 Å². The summed E-state index contributed by atoms with van der Waals surface area (Å²) >= 11 is 0. The molecule has 13 heteroatoms. The van der Waals surface area contributed by atoms with Crippen molar-refractivity contribution in [2.45, 2.75) is 51.4 Å². The monoisotopic (exact) mass is 834 g/mol. The van der Waals surface area contributed by atoms with Crippen LogP contribution in [0.2, 0.25) is 0 Å². The van der Waals surface area contributed by atoms with Crippen LogP contribution in [0.5, 0.6) is 17.2 Å². The zero-order valence-electron chi connectivity index (χ0n) is 34.0. The summed E-state index contributed by atoms with van der Waals surface area (Å²) in [6.07, 6.45) is 6.93. The quantitative estimate of drug-likeness (QED) is 0.0141. The van der Waals surface area contributed by atoms with Gasteiger partial charge in [-0.15, -0.1) is 0 Å². The Morgan fingerprint density at radius 3 is 1.21 bits per heavy atom. The molecule has 4 aromatic carbocycles. The van der Waals surface area contributed by atoms with E-state index in [1.807, 2.05) is 0 Å². The number of ketones is 1. The Hall–Kier alpha value is -7.02. The summed E-state index contributed by atoms with van der Waals surface area (Å²) < 4.78 is 37.4. The minimum absolute atomic E-state index is 0.0732. The highest BCUT2D eigenvalue weighted by atomic mass is 16.5. The SMILES string of the molecule is C=CC(=O)OCCCCOc1ccc(C(=O)Cc2ccc(C(=O)OCCCCCOC(=O)c3ccc(OC(=O)c4ccc(OCCCCOC(=O)C=C)cc4)cc3)cc2)cc1. The number of esters is 5. The fourth-order valence-electron chi connectivity index (χ4n) is 5.42. The van der Waals surface area contributed by atoms with E-state index in [0.717, 1.165) is 17.7 Å². The summed E-state index contributed by atoms with van der Waals surface area (Å²) in [5.74, 6) is -1.04. The van der Waals surface area contributed by atoms with Crippen LogP contribution >= 0.6 is 0 Å².